The third kappa shape index (κ3) is 21.9. The molecule has 0 spiro atoms. The zero-order valence-corrected chi connectivity index (χ0v) is 22.0. The standard InChI is InChI=1S/C24H45NO8/c1-22(2,3)31-19(26)10-13-25-18(16-29-14-11-20(27)32-23(4,5)6)17-30-15-12-21(28)33-24(7,8)9/h18,25H,10-17H2,1-9H3. The van der Waals surface area contributed by atoms with E-state index >= 15 is 0 Å². The van der Waals surface area contributed by atoms with E-state index in [1.165, 1.54) is 0 Å². The van der Waals surface area contributed by atoms with E-state index in [1.807, 2.05) is 62.3 Å². The van der Waals surface area contributed by atoms with Crippen molar-refractivity contribution in [3.63, 3.8) is 0 Å². The zero-order chi connectivity index (χ0) is 25.7. The topological polar surface area (TPSA) is 109 Å². The fraction of sp³-hybridized carbons (Fsp3) is 0.875. The van der Waals surface area contributed by atoms with Crippen LogP contribution < -0.4 is 5.32 Å². The van der Waals surface area contributed by atoms with E-state index < -0.39 is 16.8 Å². The molecule has 0 amide bonds. The van der Waals surface area contributed by atoms with Crippen LogP contribution >= 0.6 is 0 Å². The largest absolute Gasteiger partial charge is 0.460 e. The van der Waals surface area contributed by atoms with Gasteiger partial charge < -0.3 is 29.0 Å². The van der Waals surface area contributed by atoms with Crippen molar-refractivity contribution in [1.29, 1.82) is 0 Å². The SMILES string of the molecule is CC(C)(C)OC(=O)CCNC(COCCC(=O)OC(C)(C)C)COCCC(=O)OC(C)(C)C. The Kier molecular flexibility index (Phi) is 13.8. The lowest BCUT2D eigenvalue weighted by atomic mass is 10.2. The van der Waals surface area contributed by atoms with Gasteiger partial charge in [0.05, 0.1) is 51.7 Å². The van der Waals surface area contributed by atoms with Crippen LogP contribution in [0.5, 0.6) is 0 Å². The van der Waals surface area contributed by atoms with Gasteiger partial charge in [-0.2, -0.15) is 0 Å². The van der Waals surface area contributed by atoms with Crippen molar-refractivity contribution in [3.8, 4) is 0 Å². The van der Waals surface area contributed by atoms with E-state index in [9.17, 15) is 14.4 Å². The number of carbonyl (C=O) groups excluding carboxylic acids is 3. The average Bonchev–Trinajstić information content (AvgIpc) is 2.57. The number of nitrogens with one attached hydrogen (secondary N) is 1. The average molecular weight is 476 g/mol. The Labute approximate surface area is 199 Å². The van der Waals surface area contributed by atoms with E-state index in [1.54, 1.807) is 0 Å². The Hall–Kier alpha value is -1.71. The molecule has 194 valence electrons. The maximum atomic E-state index is 11.9. The summed E-state index contributed by atoms with van der Waals surface area (Å²) in [5, 5.41) is 3.21. The summed E-state index contributed by atoms with van der Waals surface area (Å²) in [5.41, 5.74) is -1.61. The molecule has 0 aromatic rings. The summed E-state index contributed by atoms with van der Waals surface area (Å²) in [6.45, 7) is 17.6. The molecule has 0 atom stereocenters. The lowest BCUT2D eigenvalue weighted by Crippen LogP contribution is -2.39. The van der Waals surface area contributed by atoms with Crippen LogP contribution in [0.25, 0.3) is 0 Å². The van der Waals surface area contributed by atoms with E-state index in [4.69, 9.17) is 23.7 Å². The van der Waals surface area contributed by atoms with Crippen molar-refractivity contribution in [2.75, 3.05) is 33.0 Å². The molecular formula is C24H45NO8. The second-order valence-corrected chi connectivity index (χ2v) is 10.8. The fourth-order valence-electron chi connectivity index (χ4n) is 2.48. The summed E-state index contributed by atoms with van der Waals surface area (Å²) < 4.78 is 27.0. The van der Waals surface area contributed by atoms with E-state index in [2.05, 4.69) is 5.32 Å². The summed E-state index contributed by atoms with van der Waals surface area (Å²) in [4.78, 5) is 35.5. The highest BCUT2D eigenvalue weighted by molar-refractivity contribution is 5.70. The van der Waals surface area contributed by atoms with Crippen LogP contribution in [0, 0.1) is 0 Å². The summed E-state index contributed by atoms with van der Waals surface area (Å²) in [7, 11) is 0. The molecule has 0 aliphatic rings. The van der Waals surface area contributed by atoms with E-state index in [-0.39, 0.29) is 69.6 Å². The third-order valence-electron chi connectivity index (χ3n) is 3.56. The van der Waals surface area contributed by atoms with Gasteiger partial charge in [0.25, 0.3) is 0 Å². The van der Waals surface area contributed by atoms with Crippen LogP contribution in [0.3, 0.4) is 0 Å². The van der Waals surface area contributed by atoms with Gasteiger partial charge in [-0.05, 0) is 62.3 Å². The van der Waals surface area contributed by atoms with Crippen molar-refractivity contribution < 1.29 is 38.1 Å². The molecule has 0 unspecified atom stereocenters. The molecule has 0 fully saturated rings. The van der Waals surface area contributed by atoms with Gasteiger partial charge in [-0.1, -0.05) is 0 Å². The number of hydrogen-bond acceptors (Lipinski definition) is 9. The lowest BCUT2D eigenvalue weighted by molar-refractivity contribution is -0.157. The van der Waals surface area contributed by atoms with Crippen molar-refractivity contribution in [2.24, 2.45) is 0 Å². The fourth-order valence-corrected chi connectivity index (χ4v) is 2.48. The quantitative estimate of drug-likeness (QED) is 0.230. The highest BCUT2D eigenvalue weighted by atomic mass is 16.6. The van der Waals surface area contributed by atoms with Gasteiger partial charge >= 0.3 is 17.9 Å². The van der Waals surface area contributed by atoms with Gasteiger partial charge in [-0.3, -0.25) is 14.4 Å². The molecule has 0 saturated heterocycles. The second kappa shape index (κ2) is 14.5. The Morgan fingerprint density at radius 1 is 0.606 bits per heavy atom. The Morgan fingerprint density at radius 2 is 0.939 bits per heavy atom. The molecule has 0 aromatic carbocycles. The summed E-state index contributed by atoms with van der Waals surface area (Å²) >= 11 is 0. The minimum Gasteiger partial charge on any atom is -0.460 e. The van der Waals surface area contributed by atoms with Crippen LogP contribution in [0.1, 0.15) is 81.6 Å². The van der Waals surface area contributed by atoms with Crippen LogP contribution in [-0.2, 0) is 38.1 Å². The summed E-state index contributed by atoms with van der Waals surface area (Å²) in [6, 6.07) is -0.232. The lowest BCUT2D eigenvalue weighted by Gasteiger charge is -2.22. The molecule has 0 aliphatic carbocycles. The zero-order valence-electron chi connectivity index (χ0n) is 22.0. The monoisotopic (exact) mass is 475 g/mol. The van der Waals surface area contributed by atoms with E-state index in [0.29, 0.717) is 6.54 Å². The first-order valence-corrected chi connectivity index (χ1v) is 11.5. The maximum Gasteiger partial charge on any atom is 0.308 e. The molecule has 0 rings (SSSR count). The second-order valence-electron chi connectivity index (χ2n) is 10.8. The highest BCUT2D eigenvalue weighted by Crippen LogP contribution is 2.10. The Bertz CT molecular complexity index is 563. The molecule has 9 heteroatoms. The van der Waals surface area contributed by atoms with Crippen LogP contribution in [0.15, 0.2) is 0 Å². The van der Waals surface area contributed by atoms with E-state index in [0.717, 1.165) is 0 Å². The normalized spacial score (nSPS) is 12.5. The van der Waals surface area contributed by atoms with Crippen molar-refractivity contribution in [2.45, 2.75) is 104 Å². The molecule has 0 saturated carbocycles. The van der Waals surface area contributed by atoms with Gasteiger partial charge in [0.15, 0.2) is 0 Å². The molecule has 0 bridgehead atoms. The predicted molar refractivity (Wildman–Crippen MR) is 125 cm³/mol. The number of carbonyl (C=O) groups is 3. The van der Waals surface area contributed by atoms with Crippen molar-refractivity contribution in [1.82, 2.24) is 5.32 Å². The van der Waals surface area contributed by atoms with Crippen LogP contribution in [0.4, 0.5) is 0 Å². The minimum atomic E-state index is -0.537. The molecule has 0 heterocycles. The number of esters is 3. The molecule has 1 N–H and O–H groups in total. The summed E-state index contributed by atoms with van der Waals surface area (Å²) in [6.07, 6.45) is 0.479. The van der Waals surface area contributed by atoms with Crippen LogP contribution in [-0.4, -0.2) is 73.7 Å². The van der Waals surface area contributed by atoms with Crippen molar-refractivity contribution in [3.05, 3.63) is 0 Å². The predicted octanol–water partition coefficient (Wildman–Crippen LogP) is 3.17. The number of ether oxygens (including phenoxy) is 5. The van der Waals surface area contributed by atoms with Gasteiger partial charge in [0.1, 0.15) is 16.8 Å². The minimum absolute atomic E-state index is 0.140. The smallest absolute Gasteiger partial charge is 0.308 e. The Balaban J connectivity index is 4.46. The van der Waals surface area contributed by atoms with Gasteiger partial charge in [-0.25, -0.2) is 0 Å². The number of rotatable bonds is 14. The first-order valence-electron chi connectivity index (χ1n) is 11.5. The molecular weight excluding hydrogens is 430 g/mol. The van der Waals surface area contributed by atoms with Crippen LogP contribution in [0.2, 0.25) is 0 Å². The van der Waals surface area contributed by atoms with Gasteiger partial charge in [0, 0.05) is 6.54 Å². The molecule has 0 aliphatic heterocycles. The van der Waals surface area contributed by atoms with Gasteiger partial charge in [0.2, 0.25) is 0 Å². The third-order valence-corrected chi connectivity index (χ3v) is 3.56. The summed E-state index contributed by atoms with van der Waals surface area (Å²) in [5.74, 6) is -0.957. The first kappa shape index (κ1) is 31.3. The molecule has 0 radical (unpaired) electrons. The highest BCUT2D eigenvalue weighted by Gasteiger charge is 2.19. The maximum absolute atomic E-state index is 11.9. The Morgan fingerprint density at radius 3 is 1.27 bits per heavy atom. The first-order chi connectivity index (χ1) is 15.0. The molecule has 0 aromatic heterocycles. The number of hydrogen-bond donors (Lipinski definition) is 1. The molecule has 9 nitrogen and oxygen atoms in total. The van der Waals surface area contributed by atoms with Crippen molar-refractivity contribution >= 4 is 17.9 Å². The molecule has 33 heavy (non-hydrogen) atoms. The van der Waals surface area contributed by atoms with Gasteiger partial charge in [-0.15, -0.1) is 0 Å².